The fraction of sp³-hybridized carbons (Fsp3) is 0.857. The summed E-state index contributed by atoms with van der Waals surface area (Å²) in [6.07, 6.45) is -4.47. The lowest BCUT2D eigenvalue weighted by Crippen LogP contribution is -2.53. The van der Waals surface area contributed by atoms with Gasteiger partial charge in [0.2, 0.25) is 0 Å². The van der Waals surface area contributed by atoms with E-state index in [0.717, 1.165) is 13.5 Å². The van der Waals surface area contributed by atoms with E-state index in [1.54, 1.807) is 0 Å². The molecule has 90 valence electrons. The van der Waals surface area contributed by atoms with E-state index < -0.39 is 24.1 Å². The third kappa shape index (κ3) is 5.50. The molecule has 3 nitrogen and oxygen atoms in total. The highest BCUT2D eigenvalue weighted by atomic mass is 19.4. The maximum atomic E-state index is 12.1. The molecule has 0 radical (unpaired) electrons. The van der Waals surface area contributed by atoms with Crippen molar-refractivity contribution < 1.29 is 31.9 Å². The number of nitrogens with one attached hydrogen (secondary N) is 1. The Morgan fingerprint density at radius 3 is 1.67 bits per heavy atom. The maximum Gasteiger partial charge on any atom is 0.490 e. The van der Waals surface area contributed by atoms with Crippen LogP contribution in [0.3, 0.4) is 0 Å². The number of alkyl halides is 5. The van der Waals surface area contributed by atoms with Gasteiger partial charge in [0.1, 0.15) is 0 Å². The van der Waals surface area contributed by atoms with Gasteiger partial charge in [0.15, 0.2) is 0 Å². The monoisotopic (exact) mass is 235 g/mol. The predicted molar refractivity (Wildman–Crippen MR) is 40.7 cm³/mol. The molecule has 0 aromatic carbocycles. The predicted octanol–water partition coefficient (Wildman–Crippen LogP) is 1.64. The minimum absolute atomic E-state index is 0.553. The Labute approximate surface area is 82.3 Å². The Balaban J connectivity index is 0.000000265. The summed E-state index contributed by atoms with van der Waals surface area (Å²) in [5.74, 6) is -5.27. The van der Waals surface area contributed by atoms with Crippen molar-refractivity contribution in [2.24, 2.45) is 0 Å². The van der Waals surface area contributed by atoms with Gasteiger partial charge >= 0.3 is 12.1 Å². The lowest BCUT2D eigenvalue weighted by molar-refractivity contribution is -0.192. The van der Waals surface area contributed by atoms with E-state index in [1.165, 1.54) is 0 Å². The molecule has 8 heteroatoms. The van der Waals surface area contributed by atoms with Gasteiger partial charge in [-0.05, 0) is 13.0 Å². The van der Waals surface area contributed by atoms with Gasteiger partial charge in [0.05, 0.1) is 6.04 Å². The lowest BCUT2D eigenvalue weighted by Gasteiger charge is -2.32. The number of carboxylic acid groups (broad SMARTS) is 1. The number of aliphatic carboxylic acids is 1. The second-order valence-corrected chi connectivity index (χ2v) is 3.05. The van der Waals surface area contributed by atoms with E-state index in [0.29, 0.717) is 6.42 Å². The number of hydrogen-bond donors (Lipinski definition) is 2. The van der Waals surface area contributed by atoms with Crippen molar-refractivity contribution in [2.75, 3.05) is 6.54 Å². The number of hydrogen-bond acceptors (Lipinski definition) is 2. The molecule has 1 saturated heterocycles. The van der Waals surface area contributed by atoms with Crippen molar-refractivity contribution in [3.8, 4) is 0 Å². The number of rotatable bonds is 1. The standard InChI is InChI=1S/C5H9F2N.C2HF3O2/c1-5(6,7)4-2-3-8-4;3-2(4,5)1(6)7/h4,8H,2-3H2,1H3;(H,6,7)/t4-;/m1./s1. The van der Waals surface area contributed by atoms with E-state index in [4.69, 9.17) is 9.90 Å². The van der Waals surface area contributed by atoms with E-state index in [-0.39, 0.29) is 0 Å². The zero-order valence-corrected chi connectivity index (χ0v) is 7.74. The minimum Gasteiger partial charge on any atom is -0.475 e. The molecule has 0 aromatic rings. The van der Waals surface area contributed by atoms with Crippen LogP contribution in [0.15, 0.2) is 0 Å². The van der Waals surface area contributed by atoms with Crippen molar-refractivity contribution in [2.45, 2.75) is 31.5 Å². The van der Waals surface area contributed by atoms with Crippen LogP contribution in [0.1, 0.15) is 13.3 Å². The molecule has 0 spiro atoms. The molecule has 1 atom stereocenters. The zero-order valence-electron chi connectivity index (χ0n) is 7.74. The van der Waals surface area contributed by atoms with E-state index in [2.05, 4.69) is 5.32 Å². The van der Waals surface area contributed by atoms with Crippen molar-refractivity contribution in [3.63, 3.8) is 0 Å². The van der Waals surface area contributed by atoms with Crippen LogP contribution in [0.2, 0.25) is 0 Å². The first-order valence-electron chi connectivity index (χ1n) is 3.96. The van der Waals surface area contributed by atoms with Gasteiger partial charge in [-0.1, -0.05) is 0 Å². The summed E-state index contributed by atoms with van der Waals surface area (Å²) in [7, 11) is 0. The van der Waals surface area contributed by atoms with E-state index >= 15 is 0 Å². The summed E-state index contributed by atoms with van der Waals surface area (Å²) in [5.41, 5.74) is 0. The summed E-state index contributed by atoms with van der Waals surface area (Å²) in [6, 6.07) is -0.553. The molecule has 2 N–H and O–H groups in total. The summed E-state index contributed by atoms with van der Waals surface area (Å²) in [6.45, 7) is 1.69. The molecule has 0 unspecified atom stereocenters. The third-order valence-corrected chi connectivity index (χ3v) is 1.68. The van der Waals surface area contributed by atoms with Gasteiger partial charge in [-0.2, -0.15) is 13.2 Å². The molecule has 0 aromatic heterocycles. The summed E-state index contributed by atoms with van der Waals surface area (Å²) in [5, 5.41) is 9.76. The Morgan fingerprint density at radius 1 is 1.33 bits per heavy atom. The molecular weight excluding hydrogens is 225 g/mol. The van der Waals surface area contributed by atoms with Crippen LogP contribution in [0.4, 0.5) is 22.0 Å². The van der Waals surface area contributed by atoms with Gasteiger partial charge in [-0.25, -0.2) is 13.6 Å². The van der Waals surface area contributed by atoms with Crippen LogP contribution in [0.5, 0.6) is 0 Å². The van der Waals surface area contributed by atoms with Crippen LogP contribution in [-0.4, -0.2) is 35.8 Å². The van der Waals surface area contributed by atoms with Crippen LogP contribution in [0, 0.1) is 0 Å². The topological polar surface area (TPSA) is 49.3 Å². The molecule has 1 fully saturated rings. The second kappa shape index (κ2) is 4.73. The molecule has 0 amide bonds. The molecule has 1 aliphatic heterocycles. The molecule has 1 heterocycles. The fourth-order valence-electron chi connectivity index (χ4n) is 0.721. The molecular formula is C7H10F5NO2. The summed E-state index contributed by atoms with van der Waals surface area (Å²) < 4.78 is 55.9. The molecule has 1 rings (SSSR count). The molecule has 0 aliphatic carbocycles. The molecule has 0 bridgehead atoms. The molecule has 15 heavy (non-hydrogen) atoms. The first-order chi connectivity index (χ1) is 6.55. The molecule has 1 aliphatic rings. The van der Waals surface area contributed by atoms with E-state index in [1.807, 2.05) is 0 Å². The number of carbonyl (C=O) groups is 1. The highest BCUT2D eigenvalue weighted by Gasteiger charge is 2.38. The van der Waals surface area contributed by atoms with Gasteiger partial charge in [0, 0.05) is 6.92 Å². The SMILES string of the molecule is CC(F)(F)[C@H]1CCN1.O=C(O)C(F)(F)F. The van der Waals surface area contributed by atoms with Gasteiger partial charge in [-0.3, -0.25) is 0 Å². The Kier molecular flexibility index (Phi) is 4.44. The highest BCUT2D eigenvalue weighted by Crippen LogP contribution is 2.23. The van der Waals surface area contributed by atoms with Crippen LogP contribution in [-0.2, 0) is 4.79 Å². The quantitative estimate of drug-likeness (QED) is 0.679. The minimum atomic E-state index is -5.08. The van der Waals surface area contributed by atoms with Crippen molar-refractivity contribution in [3.05, 3.63) is 0 Å². The number of carboxylic acids is 1. The summed E-state index contributed by atoms with van der Waals surface area (Å²) in [4.78, 5) is 8.90. The second-order valence-electron chi connectivity index (χ2n) is 3.05. The first-order valence-corrected chi connectivity index (χ1v) is 3.96. The van der Waals surface area contributed by atoms with E-state index in [9.17, 15) is 22.0 Å². The molecule has 0 saturated carbocycles. The maximum absolute atomic E-state index is 12.1. The van der Waals surface area contributed by atoms with Gasteiger partial charge < -0.3 is 10.4 Å². The Morgan fingerprint density at radius 2 is 1.67 bits per heavy atom. The Hall–Kier alpha value is -0.920. The van der Waals surface area contributed by atoms with Gasteiger partial charge in [0.25, 0.3) is 5.92 Å². The average molecular weight is 235 g/mol. The largest absolute Gasteiger partial charge is 0.490 e. The first kappa shape index (κ1) is 14.1. The van der Waals surface area contributed by atoms with Crippen molar-refractivity contribution in [1.29, 1.82) is 0 Å². The number of halogens is 5. The smallest absolute Gasteiger partial charge is 0.475 e. The normalized spacial score (nSPS) is 21.1. The zero-order chi connectivity index (χ0) is 12.3. The third-order valence-electron chi connectivity index (χ3n) is 1.68. The highest BCUT2D eigenvalue weighted by molar-refractivity contribution is 5.73. The lowest BCUT2D eigenvalue weighted by atomic mass is 10.0. The average Bonchev–Trinajstić information content (AvgIpc) is 1.76. The van der Waals surface area contributed by atoms with Crippen LogP contribution in [0.25, 0.3) is 0 Å². The van der Waals surface area contributed by atoms with Gasteiger partial charge in [-0.15, -0.1) is 0 Å². The fourth-order valence-corrected chi connectivity index (χ4v) is 0.721. The van der Waals surface area contributed by atoms with Crippen molar-refractivity contribution >= 4 is 5.97 Å². The van der Waals surface area contributed by atoms with Crippen LogP contribution < -0.4 is 5.32 Å². The van der Waals surface area contributed by atoms with Crippen LogP contribution >= 0.6 is 0 Å². The van der Waals surface area contributed by atoms with Crippen molar-refractivity contribution in [1.82, 2.24) is 5.32 Å². The summed E-state index contributed by atoms with van der Waals surface area (Å²) >= 11 is 0. The Bertz CT molecular complexity index is 218.